The number of nitrogens with zero attached hydrogens (tertiary/aromatic N) is 3. The van der Waals surface area contributed by atoms with Gasteiger partial charge in [0.05, 0.1) is 15.6 Å². The summed E-state index contributed by atoms with van der Waals surface area (Å²) in [6, 6.07) is 3.27. The molecule has 2 N–H and O–H groups in total. The first-order chi connectivity index (χ1) is 15.2. The van der Waals surface area contributed by atoms with Crippen molar-refractivity contribution in [2.24, 2.45) is 4.99 Å². The van der Waals surface area contributed by atoms with Gasteiger partial charge in [0.2, 0.25) is 0 Å². The lowest BCUT2D eigenvalue weighted by Gasteiger charge is -2.49. The Morgan fingerprint density at radius 1 is 1.18 bits per heavy atom. The lowest BCUT2D eigenvalue weighted by molar-refractivity contribution is 0.114. The third-order valence-electron chi connectivity index (χ3n) is 5.89. The number of aliphatic imine (C=N–C) groups is 1. The predicted molar refractivity (Wildman–Crippen MR) is 137 cm³/mol. The molecule has 1 aromatic heterocycles. The molecule has 0 bridgehead atoms. The van der Waals surface area contributed by atoms with Crippen LogP contribution < -0.4 is 5.32 Å². The van der Waals surface area contributed by atoms with E-state index in [0.717, 1.165) is 29.6 Å². The number of piperidine rings is 1. The van der Waals surface area contributed by atoms with Gasteiger partial charge < -0.3 is 10.2 Å². The molecule has 33 heavy (non-hydrogen) atoms. The van der Waals surface area contributed by atoms with Gasteiger partial charge in [0, 0.05) is 42.3 Å². The molecule has 0 aliphatic carbocycles. The van der Waals surface area contributed by atoms with E-state index in [9.17, 15) is 0 Å². The smallest absolute Gasteiger partial charge is 0.169 e. The van der Waals surface area contributed by atoms with Gasteiger partial charge in [0.1, 0.15) is 5.04 Å². The normalized spacial score (nSPS) is 18.4. The zero-order valence-electron chi connectivity index (χ0n) is 20.6. The van der Waals surface area contributed by atoms with Crippen LogP contribution in [0.1, 0.15) is 56.8 Å². The molecule has 5 nitrogen and oxygen atoms in total. The Balaban J connectivity index is 1.83. The van der Waals surface area contributed by atoms with E-state index in [2.05, 4.69) is 43.0 Å². The Hall–Kier alpha value is -1.84. The molecule has 2 heterocycles. The second kappa shape index (κ2) is 9.43. The molecule has 1 saturated heterocycles. The number of thioether (sulfide) groups is 1. The van der Waals surface area contributed by atoms with Gasteiger partial charge in [0.15, 0.2) is 16.8 Å². The highest BCUT2D eigenvalue weighted by Crippen LogP contribution is 2.35. The molecule has 2 aromatic rings. The van der Waals surface area contributed by atoms with E-state index in [1.807, 2.05) is 18.9 Å². The SMILES string of the molecule is CN=C(SC(=N)N(C)C1CC(C)(C)NC(C)(C)C1)c1ccc(-c2sc(C)nc2C)c(F)c1F. The van der Waals surface area contributed by atoms with Crippen molar-refractivity contribution < 1.29 is 8.78 Å². The molecular weight excluding hydrogens is 460 g/mol. The maximum absolute atomic E-state index is 15.2. The Morgan fingerprint density at radius 2 is 1.79 bits per heavy atom. The number of nitrogens with one attached hydrogen (secondary N) is 2. The second-order valence-electron chi connectivity index (χ2n) is 9.94. The average Bonchev–Trinajstić information content (AvgIpc) is 3.03. The number of aryl methyl sites for hydroxylation is 2. The van der Waals surface area contributed by atoms with Gasteiger partial charge in [-0.2, -0.15) is 0 Å². The summed E-state index contributed by atoms with van der Waals surface area (Å²) >= 11 is 2.40. The number of hydrogen-bond donors (Lipinski definition) is 2. The van der Waals surface area contributed by atoms with E-state index < -0.39 is 11.6 Å². The largest absolute Gasteiger partial charge is 0.351 e. The maximum atomic E-state index is 15.2. The molecule has 3 rings (SSSR count). The molecule has 0 saturated carbocycles. The Labute approximate surface area is 203 Å². The van der Waals surface area contributed by atoms with Crippen LogP contribution in [0.4, 0.5) is 8.78 Å². The molecule has 0 spiro atoms. The molecule has 0 radical (unpaired) electrons. The summed E-state index contributed by atoms with van der Waals surface area (Å²) in [4.78, 5) is 11.1. The third-order valence-corrected chi connectivity index (χ3v) is 8.08. The third kappa shape index (κ3) is 5.63. The van der Waals surface area contributed by atoms with E-state index in [-0.39, 0.29) is 38.5 Å². The molecule has 0 atom stereocenters. The second-order valence-corrected chi connectivity index (χ2v) is 12.1. The Kier molecular flexibility index (Phi) is 7.36. The van der Waals surface area contributed by atoms with Crippen LogP contribution in [0.3, 0.4) is 0 Å². The van der Waals surface area contributed by atoms with Crippen LogP contribution in [0.15, 0.2) is 17.1 Å². The summed E-state index contributed by atoms with van der Waals surface area (Å²) in [6.45, 7) is 12.3. The van der Waals surface area contributed by atoms with Crippen molar-refractivity contribution in [3.63, 3.8) is 0 Å². The van der Waals surface area contributed by atoms with Gasteiger partial charge in [-0.25, -0.2) is 13.8 Å². The van der Waals surface area contributed by atoms with Gasteiger partial charge in [0.25, 0.3) is 0 Å². The molecule has 1 aliphatic rings. The molecule has 180 valence electrons. The van der Waals surface area contributed by atoms with Crippen molar-refractivity contribution in [2.45, 2.75) is 71.5 Å². The number of aromatic nitrogens is 1. The van der Waals surface area contributed by atoms with Crippen molar-refractivity contribution in [1.29, 1.82) is 5.41 Å². The van der Waals surface area contributed by atoms with Gasteiger partial charge in [-0.1, -0.05) is 0 Å². The number of amidine groups is 1. The average molecular weight is 494 g/mol. The van der Waals surface area contributed by atoms with E-state index in [0.29, 0.717) is 10.6 Å². The molecule has 0 unspecified atom stereocenters. The molecule has 1 fully saturated rings. The summed E-state index contributed by atoms with van der Waals surface area (Å²) in [6.07, 6.45) is 1.75. The summed E-state index contributed by atoms with van der Waals surface area (Å²) in [7, 11) is 3.42. The standard InChI is InChI=1S/C24H33F2N5S2/c1-13-20(32-14(2)29-13)16-9-10-17(19(26)18(16)25)21(28-7)33-22(27)31(8)15-11-23(3,4)30-24(5,6)12-15/h9-10,15,27,30H,11-12H2,1-8H3. The first-order valence-corrected chi connectivity index (χ1v) is 12.6. The van der Waals surface area contributed by atoms with Crippen LogP contribution in [-0.4, -0.2) is 51.3 Å². The molecule has 0 amide bonds. The van der Waals surface area contributed by atoms with E-state index in [4.69, 9.17) is 5.41 Å². The predicted octanol–water partition coefficient (Wildman–Crippen LogP) is 5.99. The van der Waals surface area contributed by atoms with Crippen molar-refractivity contribution in [2.75, 3.05) is 14.1 Å². The van der Waals surface area contributed by atoms with E-state index in [1.54, 1.807) is 19.1 Å². The lowest BCUT2D eigenvalue weighted by atomic mass is 9.79. The highest BCUT2D eigenvalue weighted by molar-refractivity contribution is 8.26. The first-order valence-electron chi connectivity index (χ1n) is 10.9. The van der Waals surface area contributed by atoms with Crippen LogP contribution in [-0.2, 0) is 0 Å². The van der Waals surface area contributed by atoms with Crippen LogP contribution in [0, 0.1) is 30.9 Å². The zero-order chi connectivity index (χ0) is 24.7. The molecule has 9 heteroatoms. The Morgan fingerprint density at radius 3 is 2.30 bits per heavy atom. The van der Waals surface area contributed by atoms with Gasteiger partial charge in [-0.15, -0.1) is 11.3 Å². The summed E-state index contributed by atoms with van der Waals surface area (Å²) in [5.74, 6) is -1.87. The fourth-order valence-electron chi connectivity index (χ4n) is 4.76. The summed E-state index contributed by atoms with van der Waals surface area (Å²) in [5.41, 5.74) is 0.813. The number of hydrogen-bond acceptors (Lipinski definition) is 6. The number of rotatable bonds is 3. The van der Waals surface area contributed by atoms with Crippen LogP contribution in [0.2, 0.25) is 0 Å². The minimum atomic E-state index is -0.953. The molecular formula is C24H33F2N5S2. The van der Waals surface area contributed by atoms with E-state index >= 15 is 8.78 Å². The van der Waals surface area contributed by atoms with Crippen LogP contribution in [0.5, 0.6) is 0 Å². The number of halogens is 2. The first kappa shape index (κ1) is 25.8. The highest BCUT2D eigenvalue weighted by Gasteiger charge is 2.40. The summed E-state index contributed by atoms with van der Waals surface area (Å²) in [5, 5.41) is 13.7. The fourth-order valence-corrected chi connectivity index (χ4v) is 6.54. The number of benzene rings is 1. The topological polar surface area (TPSA) is 64.4 Å². The van der Waals surface area contributed by atoms with Gasteiger partial charge in [-0.05, 0) is 78.3 Å². The van der Waals surface area contributed by atoms with Gasteiger partial charge in [-0.3, -0.25) is 10.4 Å². The fraction of sp³-hybridized carbons (Fsp3) is 0.542. The zero-order valence-corrected chi connectivity index (χ0v) is 22.2. The van der Waals surface area contributed by atoms with Crippen molar-refractivity contribution >= 4 is 33.3 Å². The highest BCUT2D eigenvalue weighted by atomic mass is 32.2. The van der Waals surface area contributed by atoms with Gasteiger partial charge >= 0.3 is 0 Å². The lowest BCUT2D eigenvalue weighted by Crippen LogP contribution is -2.62. The minimum absolute atomic E-state index is 0.0618. The molecule has 1 aromatic carbocycles. The minimum Gasteiger partial charge on any atom is -0.351 e. The maximum Gasteiger partial charge on any atom is 0.169 e. The van der Waals surface area contributed by atoms with Crippen molar-refractivity contribution in [3.05, 3.63) is 40.0 Å². The van der Waals surface area contributed by atoms with E-state index in [1.165, 1.54) is 18.4 Å². The van der Waals surface area contributed by atoms with Crippen LogP contribution in [0.25, 0.3) is 10.4 Å². The molecule has 1 aliphatic heterocycles. The Bertz CT molecular complexity index is 1070. The monoisotopic (exact) mass is 493 g/mol. The van der Waals surface area contributed by atoms with Crippen molar-refractivity contribution in [1.82, 2.24) is 15.2 Å². The van der Waals surface area contributed by atoms with Crippen molar-refractivity contribution in [3.8, 4) is 10.4 Å². The quantitative estimate of drug-likeness (QED) is 0.407. The summed E-state index contributed by atoms with van der Waals surface area (Å²) < 4.78 is 30.2. The number of thiazole rings is 1. The van der Waals surface area contributed by atoms with Crippen LogP contribution >= 0.6 is 23.1 Å².